The SMILES string of the molecule is COC(=O)c1oc(-c2cccc(Cl)c2)nc1C(C)(C)C. The quantitative estimate of drug-likeness (QED) is 0.783. The molecular weight excluding hydrogens is 278 g/mol. The molecule has 0 aliphatic carbocycles. The number of hydrogen-bond acceptors (Lipinski definition) is 4. The fourth-order valence-electron chi connectivity index (χ4n) is 1.80. The van der Waals surface area contributed by atoms with Crippen LogP contribution in [0.5, 0.6) is 0 Å². The third kappa shape index (κ3) is 2.85. The fourth-order valence-corrected chi connectivity index (χ4v) is 1.99. The Morgan fingerprint density at radius 3 is 2.60 bits per heavy atom. The Morgan fingerprint density at radius 2 is 2.05 bits per heavy atom. The van der Waals surface area contributed by atoms with Crippen molar-refractivity contribution in [2.75, 3.05) is 7.11 Å². The topological polar surface area (TPSA) is 52.3 Å². The Morgan fingerprint density at radius 1 is 1.35 bits per heavy atom. The summed E-state index contributed by atoms with van der Waals surface area (Å²) in [5.41, 5.74) is 0.960. The number of aromatic nitrogens is 1. The van der Waals surface area contributed by atoms with Crippen LogP contribution >= 0.6 is 11.6 Å². The molecule has 4 nitrogen and oxygen atoms in total. The molecule has 0 bridgehead atoms. The first-order chi connectivity index (χ1) is 9.32. The highest BCUT2D eigenvalue weighted by molar-refractivity contribution is 6.30. The van der Waals surface area contributed by atoms with Crippen molar-refractivity contribution in [3.8, 4) is 11.5 Å². The average Bonchev–Trinajstić information content (AvgIpc) is 2.82. The second-order valence-electron chi connectivity index (χ2n) is 5.45. The molecule has 2 aromatic rings. The van der Waals surface area contributed by atoms with Crippen LogP contribution in [0.3, 0.4) is 0 Å². The summed E-state index contributed by atoms with van der Waals surface area (Å²) >= 11 is 5.96. The lowest BCUT2D eigenvalue weighted by Crippen LogP contribution is -2.17. The predicted molar refractivity (Wildman–Crippen MR) is 77.0 cm³/mol. The van der Waals surface area contributed by atoms with Crippen LogP contribution in [0.25, 0.3) is 11.5 Å². The number of benzene rings is 1. The summed E-state index contributed by atoms with van der Waals surface area (Å²) in [5.74, 6) is -0.0384. The van der Waals surface area contributed by atoms with E-state index in [0.717, 1.165) is 5.56 Å². The van der Waals surface area contributed by atoms with Gasteiger partial charge in [0.05, 0.1) is 7.11 Å². The first-order valence-corrected chi connectivity index (χ1v) is 6.56. The molecule has 0 aliphatic heterocycles. The highest BCUT2D eigenvalue weighted by Gasteiger charge is 2.29. The number of halogens is 1. The molecule has 0 aliphatic rings. The van der Waals surface area contributed by atoms with Crippen LogP contribution in [0.4, 0.5) is 0 Å². The van der Waals surface area contributed by atoms with Crippen LogP contribution < -0.4 is 0 Å². The van der Waals surface area contributed by atoms with Crippen molar-refractivity contribution in [2.24, 2.45) is 0 Å². The zero-order valence-corrected chi connectivity index (χ0v) is 12.6. The van der Waals surface area contributed by atoms with Gasteiger partial charge in [0.15, 0.2) is 0 Å². The van der Waals surface area contributed by atoms with Crippen LogP contribution in [-0.4, -0.2) is 18.1 Å². The monoisotopic (exact) mass is 293 g/mol. The summed E-state index contributed by atoms with van der Waals surface area (Å²) in [6.07, 6.45) is 0. The molecule has 106 valence electrons. The Labute approximate surface area is 122 Å². The van der Waals surface area contributed by atoms with Gasteiger partial charge in [-0.1, -0.05) is 38.4 Å². The molecule has 0 saturated heterocycles. The van der Waals surface area contributed by atoms with Crippen molar-refractivity contribution >= 4 is 17.6 Å². The van der Waals surface area contributed by atoms with E-state index in [0.29, 0.717) is 16.6 Å². The van der Waals surface area contributed by atoms with E-state index in [9.17, 15) is 4.79 Å². The van der Waals surface area contributed by atoms with Crippen molar-refractivity contribution in [2.45, 2.75) is 26.2 Å². The van der Waals surface area contributed by atoms with Gasteiger partial charge in [-0.3, -0.25) is 0 Å². The minimum atomic E-state index is -0.532. The third-order valence-electron chi connectivity index (χ3n) is 2.78. The first-order valence-electron chi connectivity index (χ1n) is 6.18. The summed E-state index contributed by atoms with van der Waals surface area (Å²) in [6.45, 7) is 5.87. The van der Waals surface area contributed by atoms with Crippen LogP contribution in [0.2, 0.25) is 5.02 Å². The van der Waals surface area contributed by atoms with Crippen LogP contribution in [-0.2, 0) is 10.2 Å². The van der Waals surface area contributed by atoms with Gasteiger partial charge in [-0.05, 0) is 18.2 Å². The number of esters is 1. The van der Waals surface area contributed by atoms with Crippen molar-refractivity contribution in [1.29, 1.82) is 0 Å². The molecule has 0 fully saturated rings. The number of nitrogens with zero attached hydrogens (tertiary/aromatic N) is 1. The van der Waals surface area contributed by atoms with Crippen molar-refractivity contribution < 1.29 is 13.9 Å². The second-order valence-corrected chi connectivity index (χ2v) is 5.89. The molecule has 1 aromatic carbocycles. The average molecular weight is 294 g/mol. The van der Waals surface area contributed by atoms with Gasteiger partial charge in [0.2, 0.25) is 11.7 Å². The van der Waals surface area contributed by atoms with Crippen LogP contribution in [0.1, 0.15) is 37.0 Å². The molecule has 0 spiro atoms. The van der Waals surface area contributed by atoms with E-state index in [-0.39, 0.29) is 11.2 Å². The minimum absolute atomic E-state index is 0.134. The molecule has 0 atom stereocenters. The molecule has 2 rings (SSSR count). The first kappa shape index (κ1) is 14.6. The van der Waals surface area contributed by atoms with E-state index in [1.165, 1.54) is 7.11 Å². The highest BCUT2D eigenvalue weighted by atomic mass is 35.5. The number of carbonyl (C=O) groups excluding carboxylic acids is 1. The van der Waals surface area contributed by atoms with Gasteiger partial charge in [-0.15, -0.1) is 0 Å². The normalized spacial score (nSPS) is 11.4. The largest absolute Gasteiger partial charge is 0.463 e. The van der Waals surface area contributed by atoms with Gasteiger partial charge in [0, 0.05) is 16.0 Å². The number of carbonyl (C=O) groups is 1. The van der Waals surface area contributed by atoms with E-state index < -0.39 is 5.97 Å². The number of hydrogen-bond donors (Lipinski definition) is 0. The van der Waals surface area contributed by atoms with Gasteiger partial charge in [-0.25, -0.2) is 9.78 Å². The maximum atomic E-state index is 11.8. The van der Waals surface area contributed by atoms with Gasteiger partial charge in [0.25, 0.3) is 0 Å². The number of oxazole rings is 1. The van der Waals surface area contributed by atoms with Gasteiger partial charge in [0.1, 0.15) is 5.69 Å². The lowest BCUT2D eigenvalue weighted by atomic mass is 9.91. The number of rotatable bonds is 2. The van der Waals surface area contributed by atoms with Gasteiger partial charge >= 0.3 is 5.97 Å². The zero-order valence-electron chi connectivity index (χ0n) is 11.9. The summed E-state index contributed by atoms with van der Waals surface area (Å²) in [4.78, 5) is 16.2. The van der Waals surface area contributed by atoms with E-state index in [4.69, 9.17) is 20.8 Å². The number of ether oxygens (including phenoxy) is 1. The summed E-state index contributed by atoms with van der Waals surface area (Å²) in [5, 5.41) is 0.581. The van der Waals surface area contributed by atoms with E-state index in [2.05, 4.69) is 4.98 Å². The second kappa shape index (κ2) is 5.29. The molecular formula is C15H16ClNO3. The molecule has 0 unspecified atom stereocenters. The maximum absolute atomic E-state index is 11.8. The smallest absolute Gasteiger partial charge is 0.376 e. The van der Waals surface area contributed by atoms with Crippen molar-refractivity contribution in [3.05, 3.63) is 40.7 Å². The predicted octanol–water partition coefficient (Wildman–Crippen LogP) is 4.08. The Balaban J connectivity index is 2.57. The Bertz CT molecular complexity index is 641. The third-order valence-corrected chi connectivity index (χ3v) is 3.02. The molecule has 1 heterocycles. The molecule has 0 radical (unpaired) electrons. The van der Waals surface area contributed by atoms with Crippen molar-refractivity contribution in [1.82, 2.24) is 4.98 Å². The lowest BCUT2D eigenvalue weighted by molar-refractivity contribution is 0.0562. The summed E-state index contributed by atoms with van der Waals surface area (Å²) < 4.78 is 10.3. The standard InChI is InChI=1S/C15H16ClNO3/c1-15(2,3)12-11(14(18)19-4)20-13(17-12)9-6-5-7-10(16)8-9/h5-8H,1-4H3. The molecule has 0 amide bonds. The molecule has 1 aromatic heterocycles. The van der Waals surface area contributed by atoms with Gasteiger partial charge in [-0.2, -0.15) is 0 Å². The lowest BCUT2D eigenvalue weighted by Gasteiger charge is -2.15. The van der Waals surface area contributed by atoms with Crippen molar-refractivity contribution in [3.63, 3.8) is 0 Å². The summed E-state index contributed by atoms with van der Waals surface area (Å²) in [6, 6.07) is 7.13. The summed E-state index contributed by atoms with van der Waals surface area (Å²) in [7, 11) is 1.32. The Kier molecular flexibility index (Phi) is 3.86. The van der Waals surface area contributed by atoms with E-state index >= 15 is 0 Å². The molecule has 20 heavy (non-hydrogen) atoms. The zero-order chi connectivity index (χ0) is 14.9. The molecule has 0 saturated carbocycles. The molecule has 0 N–H and O–H groups in total. The van der Waals surface area contributed by atoms with Crippen LogP contribution in [0.15, 0.2) is 28.7 Å². The fraction of sp³-hybridized carbons (Fsp3) is 0.333. The highest BCUT2D eigenvalue weighted by Crippen LogP contribution is 2.31. The molecule has 5 heteroatoms. The number of methoxy groups -OCH3 is 1. The minimum Gasteiger partial charge on any atom is -0.463 e. The van der Waals surface area contributed by atoms with Gasteiger partial charge < -0.3 is 9.15 Å². The maximum Gasteiger partial charge on any atom is 0.376 e. The van der Waals surface area contributed by atoms with E-state index in [1.807, 2.05) is 26.8 Å². The van der Waals surface area contributed by atoms with E-state index in [1.54, 1.807) is 18.2 Å². The van der Waals surface area contributed by atoms with Crippen LogP contribution in [0, 0.1) is 0 Å². The Hall–Kier alpha value is -1.81.